The highest BCUT2D eigenvalue weighted by Crippen LogP contribution is 2.24. The summed E-state index contributed by atoms with van der Waals surface area (Å²) in [5, 5.41) is 6.41. The molecule has 0 aliphatic carbocycles. The standard InChI is InChI=1S/C13H13F2N3O2/c1-18(7-8-5-6-16-17-8)13(19)11-9(14)3-4-10(20-2)12(11)15/h3-6H,7H2,1-2H3,(H,16,17). The van der Waals surface area contributed by atoms with Gasteiger partial charge >= 0.3 is 0 Å². The topological polar surface area (TPSA) is 58.2 Å². The van der Waals surface area contributed by atoms with Gasteiger partial charge in [0.25, 0.3) is 5.91 Å². The Labute approximate surface area is 114 Å². The molecule has 0 bridgehead atoms. The van der Waals surface area contributed by atoms with Crippen molar-refractivity contribution in [3.05, 3.63) is 47.3 Å². The molecule has 1 N–H and O–H groups in total. The van der Waals surface area contributed by atoms with Crippen LogP contribution in [0.25, 0.3) is 0 Å². The molecule has 5 nitrogen and oxygen atoms in total. The molecule has 20 heavy (non-hydrogen) atoms. The molecule has 0 fully saturated rings. The Morgan fingerprint density at radius 3 is 2.75 bits per heavy atom. The molecule has 0 unspecified atom stereocenters. The van der Waals surface area contributed by atoms with Gasteiger partial charge in [0.05, 0.1) is 19.3 Å². The van der Waals surface area contributed by atoms with Gasteiger partial charge in [-0.05, 0) is 18.2 Å². The number of aromatic amines is 1. The highest BCUT2D eigenvalue weighted by atomic mass is 19.1. The van der Waals surface area contributed by atoms with Gasteiger partial charge in [0.1, 0.15) is 11.4 Å². The lowest BCUT2D eigenvalue weighted by Crippen LogP contribution is -2.28. The molecule has 1 amide bonds. The average Bonchev–Trinajstić information content (AvgIpc) is 2.91. The van der Waals surface area contributed by atoms with Crippen LogP contribution in [0.4, 0.5) is 8.78 Å². The maximum atomic E-state index is 14.0. The molecule has 0 saturated heterocycles. The van der Waals surface area contributed by atoms with Gasteiger partial charge in [-0.25, -0.2) is 8.78 Å². The lowest BCUT2D eigenvalue weighted by atomic mass is 10.1. The fourth-order valence-corrected chi connectivity index (χ4v) is 1.78. The normalized spacial score (nSPS) is 10.4. The van der Waals surface area contributed by atoms with Crippen LogP contribution in [-0.2, 0) is 6.54 Å². The van der Waals surface area contributed by atoms with Crippen molar-refractivity contribution >= 4 is 5.91 Å². The molecule has 1 aromatic heterocycles. The molecule has 1 aromatic carbocycles. The average molecular weight is 281 g/mol. The first-order valence-corrected chi connectivity index (χ1v) is 5.80. The highest BCUT2D eigenvalue weighted by Gasteiger charge is 2.24. The first-order chi connectivity index (χ1) is 9.54. The van der Waals surface area contributed by atoms with E-state index >= 15 is 0 Å². The monoisotopic (exact) mass is 281 g/mol. The molecule has 2 aromatic rings. The second-order valence-corrected chi connectivity index (χ2v) is 4.18. The second kappa shape index (κ2) is 5.68. The summed E-state index contributed by atoms with van der Waals surface area (Å²) < 4.78 is 32.4. The van der Waals surface area contributed by atoms with Crippen LogP contribution in [0, 0.1) is 11.6 Å². The Kier molecular flexibility index (Phi) is 3.97. The number of halogens is 2. The van der Waals surface area contributed by atoms with Crippen molar-refractivity contribution in [1.82, 2.24) is 15.1 Å². The lowest BCUT2D eigenvalue weighted by molar-refractivity contribution is 0.0772. The first-order valence-electron chi connectivity index (χ1n) is 5.80. The molecule has 2 rings (SSSR count). The number of aromatic nitrogens is 2. The predicted octanol–water partition coefficient (Wildman–Crippen LogP) is 1.97. The minimum absolute atomic E-state index is 0.162. The maximum Gasteiger partial charge on any atom is 0.260 e. The number of carbonyl (C=O) groups excluding carboxylic acids is 1. The van der Waals surface area contributed by atoms with Crippen molar-refractivity contribution in [2.75, 3.05) is 14.2 Å². The van der Waals surface area contributed by atoms with Crippen LogP contribution in [0.3, 0.4) is 0 Å². The van der Waals surface area contributed by atoms with Gasteiger partial charge in [-0.3, -0.25) is 9.89 Å². The molecule has 0 saturated carbocycles. The summed E-state index contributed by atoms with van der Waals surface area (Å²) in [6, 6.07) is 3.80. The number of carbonyl (C=O) groups is 1. The smallest absolute Gasteiger partial charge is 0.260 e. The fraction of sp³-hybridized carbons (Fsp3) is 0.231. The molecule has 0 aliphatic heterocycles. The minimum Gasteiger partial charge on any atom is -0.494 e. The first kappa shape index (κ1) is 14.0. The van der Waals surface area contributed by atoms with Crippen molar-refractivity contribution in [2.45, 2.75) is 6.54 Å². The Morgan fingerprint density at radius 2 is 2.15 bits per heavy atom. The number of nitrogens with one attached hydrogen (secondary N) is 1. The third kappa shape index (κ3) is 2.61. The third-order valence-corrected chi connectivity index (χ3v) is 2.80. The fourth-order valence-electron chi connectivity index (χ4n) is 1.78. The van der Waals surface area contributed by atoms with Crippen molar-refractivity contribution < 1.29 is 18.3 Å². The molecule has 0 spiro atoms. The molecule has 0 radical (unpaired) electrons. The maximum absolute atomic E-state index is 14.0. The van der Waals surface area contributed by atoms with E-state index in [0.29, 0.717) is 5.69 Å². The van der Waals surface area contributed by atoms with Gasteiger partial charge in [-0.2, -0.15) is 5.10 Å². The summed E-state index contributed by atoms with van der Waals surface area (Å²) in [4.78, 5) is 13.3. The van der Waals surface area contributed by atoms with Crippen LogP contribution < -0.4 is 4.74 Å². The van der Waals surface area contributed by atoms with E-state index in [-0.39, 0.29) is 12.3 Å². The van der Waals surface area contributed by atoms with E-state index in [9.17, 15) is 13.6 Å². The summed E-state index contributed by atoms with van der Waals surface area (Å²) in [7, 11) is 2.69. The van der Waals surface area contributed by atoms with Gasteiger partial charge in [-0.1, -0.05) is 0 Å². The van der Waals surface area contributed by atoms with E-state index in [0.717, 1.165) is 12.1 Å². The summed E-state index contributed by atoms with van der Waals surface area (Å²) in [6.45, 7) is 0.162. The zero-order valence-corrected chi connectivity index (χ0v) is 11.0. The van der Waals surface area contributed by atoms with Crippen LogP contribution in [-0.4, -0.2) is 35.2 Å². The van der Waals surface area contributed by atoms with E-state index in [1.165, 1.54) is 25.3 Å². The molecule has 0 aliphatic rings. The number of rotatable bonds is 4. The van der Waals surface area contributed by atoms with E-state index < -0.39 is 23.1 Å². The SMILES string of the molecule is COc1ccc(F)c(C(=O)N(C)Cc2ccn[nH]2)c1F. The van der Waals surface area contributed by atoms with Crippen molar-refractivity contribution in [3.63, 3.8) is 0 Å². The largest absolute Gasteiger partial charge is 0.494 e. The lowest BCUT2D eigenvalue weighted by Gasteiger charge is -2.17. The highest BCUT2D eigenvalue weighted by molar-refractivity contribution is 5.95. The predicted molar refractivity (Wildman–Crippen MR) is 67.3 cm³/mol. The van der Waals surface area contributed by atoms with Crippen molar-refractivity contribution in [2.24, 2.45) is 0 Å². The number of ether oxygens (including phenoxy) is 1. The minimum atomic E-state index is -1.01. The molecule has 1 heterocycles. The van der Waals surface area contributed by atoms with Gasteiger partial charge in [0, 0.05) is 13.2 Å². The quantitative estimate of drug-likeness (QED) is 0.932. The van der Waals surface area contributed by atoms with Crippen LogP contribution in [0.2, 0.25) is 0 Å². The summed E-state index contributed by atoms with van der Waals surface area (Å²) >= 11 is 0. The second-order valence-electron chi connectivity index (χ2n) is 4.18. The Balaban J connectivity index is 2.28. The van der Waals surface area contributed by atoms with Crippen LogP contribution >= 0.6 is 0 Å². The zero-order chi connectivity index (χ0) is 14.7. The Hall–Kier alpha value is -2.44. The number of hydrogen-bond acceptors (Lipinski definition) is 3. The molecular weight excluding hydrogens is 268 g/mol. The third-order valence-electron chi connectivity index (χ3n) is 2.80. The molecule has 7 heteroatoms. The Morgan fingerprint density at radius 1 is 1.40 bits per heavy atom. The number of nitrogens with zero attached hydrogens (tertiary/aromatic N) is 2. The van der Waals surface area contributed by atoms with Crippen LogP contribution in [0.1, 0.15) is 16.1 Å². The van der Waals surface area contributed by atoms with Gasteiger partial charge < -0.3 is 9.64 Å². The number of methoxy groups -OCH3 is 1. The summed E-state index contributed by atoms with van der Waals surface area (Å²) in [5.74, 6) is -2.88. The van der Waals surface area contributed by atoms with Crippen LogP contribution in [0.5, 0.6) is 5.75 Å². The summed E-state index contributed by atoms with van der Waals surface area (Å²) in [5.41, 5.74) is 0.0240. The van der Waals surface area contributed by atoms with E-state index in [1.807, 2.05) is 0 Å². The number of amides is 1. The molecule has 0 atom stereocenters. The molecule has 106 valence electrons. The number of hydrogen-bond donors (Lipinski definition) is 1. The van der Waals surface area contributed by atoms with Crippen LogP contribution in [0.15, 0.2) is 24.4 Å². The van der Waals surface area contributed by atoms with E-state index in [2.05, 4.69) is 10.2 Å². The van der Waals surface area contributed by atoms with Gasteiger partial charge in [0.2, 0.25) is 0 Å². The summed E-state index contributed by atoms with van der Waals surface area (Å²) in [6.07, 6.45) is 1.53. The van der Waals surface area contributed by atoms with Crippen molar-refractivity contribution in [3.8, 4) is 5.75 Å². The van der Waals surface area contributed by atoms with Gasteiger partial charge in [-0.15, -0.1) is 0 Å². The molecular formula is C13H13F2N3O2. The van der Waals surface area contributed by atoms with Gasteiger partial charge in [0.15, 0.2) is 11.6 Å². The zero-order valence-electron chi connectivity index (χ0n) is 11.0. The number of benzene rings is 1. The Bertz CT molecular complexity index is 614. The number of H-pyrrole nitrogens is 1. The van der Waals surface area contributed by atoms with E-state index in [1.54, 1.807) is 6.07 Å². The van der Waals surface area contributed by atoms with Crippen molar-refractivity contribution in [1.29, 1.82) is 0 Å². The van der Waals surface area contributed by atoms with E-state index in [4.69, 9.17) is 4.74 Å².